The van der Waals surface area contributed by atoms with Gasteiger partial charge in [0.15, 0.2) is 0 Å². The third-order valence-electron chi connectivity index (χ3n) is 1.88. The van der Waals surface area contributed by atoms with Crippen LogP contribution < -0.4 is 0 Å². The maximum Gasteiger partial charge on any atom is 0.132 e. The lowest BCUT2D eigenvalue weighted by molar-refractivity contribution is -0.118. The number of hydrogen-bond donors (Lipinski definition) is 0. The second-order valence-electron chi connectivity index (χ2n) is 3.35. The molecule has 0 saturated carbocycles. The molecule has 2 heteroatoms. The van der Waals surface area contributed by atoms with Gasteiger partial charge in [0, 0.05) is 6.42 Å². The molecule has 1 nitrogen and oxygen atoms in total. The zero-order valence-electron chi connectivity index (χ0n) is 8.11. The minimum atomic E-state index is -0.903. The summed E-state index contributed by atoms with van der Waals surface area (Å²) >= 11 is 0. The standard InChI is InChI=1S/C10H19FO/c1-3-4-5-6-7-10(11)8-9(2)12/h10H,3-8H2,1-2H3. The van der Waals surface area contributed by atoms with E-state index in [1.165, 1.54) is 19.8 Å². The molecule has 0 aliphatic rings. The van der Waals surface area contributed by atoms with Crippen LogP contribution in [0.2, 0.25) is 0 Å². The Bertz CT molecular complexity index is 123. The number of Topliss-reactive ketones (excluding diaryl/α,β-unsaturated/α-hetero) is 1. The molecule has 72 valence electrons. The van der Waals surface area contributed by atoms with E-state index in [4.69, 9.17) is 0 Å². The van der Waals surface area contributed by atoms with Crippen LogP contribution in [0.15, 0.2) is 0 Å². The minimum Gasteiger partial charge on any atom is -0.300 e. The molecule has 0 aliphatic heterocycles. The fourth-order valence-corrected chi connectivity index (χ4v) is 1.21. The first-order valence-electron chi connectivity index (χ1n) is 4.80. The molecule has 0 saturated heterocycles. The molecule has 0 bridgehead atoms. The summed E-state index contributed by atoms with van der Waals surface area (Å²) in [6.07, 6.45) is 4.11. The number of carbonyl (C=O) groups excluding carboxylic acids is 1. The number of halogens is 1. The average Bonchev–Trinajstić information content (AvgIpc) is 1.97. The van der Waals surface area contributed by atoms with Crippen LogP contribution in [0.4, 0.5) is 4.39 Å². The van der Waals surface area contributed by atoms with Crippen molar-refractivity contribution in [2.75, 3.05) is 0 Å². The number of unbranched alkanes of at least 4 members (excludes halogenated alkanes) is 3. The number of alkyl halides is 1. The first-order valence-corrected chi connectivity index (χ1v) is 4.80. The Morgan fingerprint density at radius 3 is 2.50 bits per heavy atom. The predicted octanol–water partition coefficient (Wildman–Crippen LogP) is 3.27. The summed E-state index contributed by atoms with van der Waals surface area (Å²) in [5, 5.41) is 0. The highest BCUT2D eigenvalue weighted by Gasteiger charge is 2.08. The Kier molecular flexibility index (Phi) is 7.02. The fourth-order valence-electron chi connectivity index (χ4n) is 1.21. The first-order chi connectivity index (χ1) is 5.66. The molecular formula is C10H19FO. The normalized spacial score (nSPS) is 12.9. The monoisotopic (exact) mass is 174 g/mol. The molecule has 0 rings (SSSR count). The van der Waals surface area contributed by atoms with Crippen LogP contribution in [0.1, 0.15) is 52.4 Å². The summed E-state index contributed by atoms with van der Waals surface area (Å²) in [5.74, 6) is -0.0435. The molecule has 0 aromatic heterocycles. The Balaban J connectivity index is 3.19. The van der Waals surface area contributed by atoms with E-state index in [1.54, 1.807) is 0 Å². The van der Waals surface area contributed by atoms with E-state index in [1.807, 2.05) is 0 Å². The van der Waals surface area contributed by atoms with Crippen molar-refractivity contribution in [3.63, 3.8) is 0 Å². The van der Waals surface area contributed by atoms with Gasteiger partial charge in [-0.15, -0.1) is 0 Å². The minimum absolute atomic E-state index is 0.0435. The molecule has 0 spiro atoms. The van der Waals surface area contributed by atoms with Crippen molar-refractivity contribution in [1.82, 2.24) is 0 Å². The molecule has 0 aliphatic carbocycles. The molecule has 0 N–H and O–H groups in total. The maximum absolute atomic E-state index is 12.9. The van der Waals surface area contributed by atoms with Gasteiger partial charge >= 0.3 is 0 Å². The third-order valence-corrected chi connectivity index (χ3v) is 1.88. The van der Waals surface area contributed by atoms with Crippen LogP contribution in [0.3, 0.4) is 0 Å². The molecule has 0 aromatic rings. The second kappa shape index (κ2) is 7.26. The van der Waals surface area contributed by atoms with Crippen molar-refractivity contribution in [2.24, 2.45) is 0 Å². The molecule has 1 atom stereocenters. The van der Waals surface area contributed by atoms with Gasteiger partial charge in [-0.1, -0.05) is 32.6 Å². The lowest BCUT2D eigenvalue weighted by atomic mass is 10.1. The zero-order valence-corrected chi connectivity index (χ0v) is 8.11. The molecule has 0 amide bonds. The van der Waals surface area contributed by atoms with Gasteiger partial charge in [0.25, 0.3) is 0 Å². The van der Waals surface area contributed by atoms with Crippen molar-refractivity contribution in [3.8, 4) is 0 Å². The van der Waals surface area contributed by atoms with Crippen LogP contribution in [-0.2, 0) is 4.79 Å². The predicted molar refractivity (Wildman–Crippen MR) is 49.0 cm³/mol. The molecule has 0 fully saturated rings. The van der Waals surface area contributed by atoms with Crippen LogP contribution >= 0.6 is 0 Å². The molecule has 0 radical (unpaired) electrons. The number of ketones is 1. The molecule has 0 heterocycles. The highest BCUT2D eigenvalue weighted by molar-refractivity contribution is 5.75. The summed E-state index contributed by atoms with van der Waals surface area (Å²) < 4.78 is 12.9. The van der Waals surface area contributed by atoms with E-state index in [2.05, 4.69) is 6.92 Å². The number of carbonyl (C=O) groups is 1. The highest BCUT2D eigenvalue weighted by atomic mass is 19.1. The average molecular weight is 174 g/mol. The Morgan fingerprint density at radius 1 is 1.33 bits per heavy atom. The van der Waals surface area contributed by atoms with Crippen molar-refractivity contribution in [1.29, 1.82) is 0 Å². The molecular weight excluding hydrogens is 155 g/mol. The second-order valence-corrected chi connectivity index (χ2v) is 3.35. The zero-order chi connectivity index (χ0) is 9.40. The lowest BCUT2D eigenvalue weighted by Crippen LogP contribution is -2.05. The molecule has 12 heavy (non-hydrogen) atoms. The van der Waals surface area contributed by atoms with Gasteiger partial charge in [-0.05, 0) is 13.3 Å². The lowest BCUT2D eigenvalue weighted by Gasteiger charge is -2.04. The number of hydrogen-bond acceptors (Lipinski definition) is 1. The van der Waals surface area contributed by atoms with Gasteiger partial charge in [-0.2, -0.15) is 0 Å². The quantitative estimate of drug-likeness (QED) is 0.541. The Hall–Kier alpha value is -0.400. The van der Waals surface area contributed by atoms with Crippen LogP contribution in [0.25, 0.3) is 0 Å². The van der Waals surface area contributed by atoms with E-state index in [-0.39, 0.29) is 12.2 Å². The van der Waals surface area contributed by atoms with Crippen molar-refractivity contribution in [2.45, 2.75) is 58.5 Å². The van der Waals surface area contributed by atoms with Gasteiger partial charge in [-0.25, -0.2) is 4.39 Å². The van der Waals surface area contributed by atoms with Crippen molar-refractivity contribution < 1.29 is 9.18 Å². The van der Waals surface area contributed by atoms with Gasteiger partial charge < -0.3 is 0 Å². The van der Waals surface area contributed by atoms with E-state index in [0.29, 0.717) is 6.42 Å². The summed E-state index contributed by atoms with van der Waals surface area (Å²) in [6, 6.07) is 0. The van der Waals surface area contributed by atoms with Gasteiger partial charge in [0.2, 0.25) is 0 Å². The highest BCUT2D eigenvalue weighted by Crippen LogP contribution is 2.10. The van der Waals surface area contributed by atoms with Crippen molar-refractivity contribution >= 4 is 5.78 Å². The van der Waals surface area contributed by atoms with E-state index in [9.17, 15) is 9.18 Å². The van der Waals surface area contributed by atoms with E-state index < -0.39 is 6.17 Å². The maximum atomic E-state index is 12.9. The third kappa shape index (κ3) is 7.70. The van der Waals surface area contributed by atoms with Crippen molar-refractivity contribution in [3.05, 3.63) is 0 Å². The SMILES string of the molecule is CCCCCCC(F)CC(C)=O. The Labute approximate surface area is 74.4 Å². The van der Waals surface area contributed by atoms with Crippen LogP contribution in [-0.4, -0.2) is 12.0 Å². The molecule has 1 unspecified atom stereocenters. The first kappa shape index (κ1) is 11.6. The molecule has 0 aromatic carbocycles. The van der Waals surface area contributed by atoms with Crippen LogP contribution in [0, 0.1) is 0 Å². The Morgan fingerprint density at radius 2 is 2.00 bits per heavy atom. The van der Waals surface area contributed by atoms with E-state index in [0.717, 1.165) is 12.8 Å². The summed E-state index contributed by atoms with van der Waals surface area (Å²) in [6.45, 7) is 3.57. The smallest absolute Gasteiger partial charge is 0.132 e. The summed E-state index contributed by atoms with van der Waals surface area (Å²) in [4.78, 5) is 10.5. The summed E-state index contributed by atoms with van der Waals surface area (Å²) in [5.41, 5.74) is 0. The van der Waals surface area contributed by atoms with E-state index >= 15 is 0 Å². The largest absolute Gasteiger partial charge is 0.300 e. The van der Waals surface area contributed by atoms with Gasteiger partial charge in [0.1, 0.15) is 12.0 Å². The fraction of sp³-hybridized carbons (Fsp3) is 0.900. The van der Waals surface area contributed by atoms with Crippen LogP contribution in [0.5, 0.6) is 0 Å². The van der Waals surface area contributed by atoms with Gasteiger partial charge in [-0.3, -0.25) is 4.79 Å². The van der Waals surface area contributed by atoms with Gasteiger partial charge in [0.05, 0.1) is 0 Å². The topological polar surface area (TPSA) is 17.1 Å². The summed E-state index contributed by atoms with van der Waals surface area (Å²) in [7, 11) is 0. The number of rotatable bonds is 7.